The highest BCUT2D eigenvalue weighted by molar-refractivity contribution is 8.00. The lowest BCUT2D eigenvalue weighted by molar-refractivity contribution is -0.123. The van der Waals surface area contributed by atoms with E-state index in [0.717, 1.165) is 32.9 Å². The summed E-state index contributed by atoms with van der Waals surface area (Å²) in [6.07, 6.45) is 0. The van der Waals surface area contributed by atoms with Crippen LogP contribution in [0.25, 0.3) is 16.3 Å². The molecule has 0 saturated heterocycles. The number of amides is 2. The largest absolute Gasteiger partial charge is 0.497 e. The molecule has 0 bridgehead atoms. The summed E-state index contributed by atoms with van der Waals surface area (Å²) in [5.74, 6) is 1.61. The van der Waals surface area contributed by atoms with Gasteiger partial charge in [0.05, 0.1) is 42.4 Å². The lowest BCUT2D eigenvalue weighted by Gasteiger charge is -2.24. The highest BCUT2D eigenvalue weighted by Crippen LogP contribution is 2.51. The molecule has 1 N–H and O–H groups in total. The van der Waals surface area contributed by atoms with Crippen LogP contribution in [-0.2, 0) is 14.3 Å². The molecule has 214 valence electrons. The van der Waals surface area contributed by atoms with Crippen LogP contribution in [0.5, 0.6) is 11.5 Å². The predicted octanol–water partition coefficient (Wildman–Crippen LogP) is 4.86. The van der Waals surface area contributed by atoms with E-state index < -0.39 is 0 Å². The van der Waals surface area contributed by atoms with Crippen molar-refractivity contribution in [2.24, 2.45) is 0 Å². The number of hydrogen-bond acceptors (Lipinski definition) is 8. The fraction of sp³-hybridized carbons (Fsp3) is 0.300. The van der Waals surface area contributed by atoms with Crippen molar-refractivity contribution in [2.45, 2.75) is 12.2 Å². The minimum atomic E-state index is -0.338. The van der Waals surface area contributed by atoms with Crippen LogP contribution < -0.4 is 19.7 Å². The van der Waals surface area contributed by atoms with Gasteiger partial charge in [-0.25, -0.2) is 4.68 Å². The highest BCUT2D eigenvalue weighted by atomic mass is 32.2. The van der Waals surface area contributed by atoms with Gasteiger partial charge in [0.25, 0.3) is 0 Å². The molecular formula is C30H32N4O5S2. The maximum absolute atomic E-state index is 13.9. The average molecular weight is 593 g/mol. The minimum Gasteiger partial charge on any atom is -0.497 e. The van der Waals surface area contributed by atoms with Gasteiger partial charge < -0.3 is 19.5 Å². The molecule has 2 aromatic heterocycles. The number of hydrogen-bond donors (Lipinski definition) is 1. The SMILES string of the molecule is COCCNC(=O)CN1C(=O)CSC(c2cc(OC)ccc2OC)c2c(-c3cccs3)nn(-c3ccccc3C)c21. The van der Waals surface area contributed by atoms with Crippen LogP contribution in [-0.4, -0.2) is 68.4 Å². The van der Waals surface area contributed by atoms with E-state index in [0.29, 0.717) is 30.5 Å². The first-order valence-electron chi connectivity index (χ1n) is 13.1. The van der Waals surface area contributed by atoms with Crippen LogP contribution in [0.15, 0.2) is 60.0 Å². The Morgan fingerprint density at radius 1 is 1.10 bits per heavy atom. The molecule has 2 amide bonds. The zero-order chi connectivity index (χ0) is 28.9. The number of nitrogens with zero attached hydrogens (tertiary/aromatic N) is 3. The first kappa shape index (κ1) is 28.7. The van der Waals surface area contributed by atoms with Crippen molar-refractivity contribution in [3.8, 4) is 27.8 Å². The Hall–Kier alpha value is -3.80. The minimum absolute atomic E-state index is 0.153. The topological polar surface area (TPSA) is 94.9 Å². The van der Waals surface area contributed by atoms with Crippen molar-refractivity contribution in [2.75, 3.05) is 51.7 Å². The number of anilines is 1. The third kappa shape index (κ3) is 5.83. The smallest absolute Gasteiger partial charge is 0.240 e. The van der Waals surface area contributed by atoms with Crippen molar-refractivity contribution < 1.29 is 23.8 Å². The highest BCUT2D eigenvalue weighted by Gasteiger charge is 2.39. The average Bonchev–Trinajstić information content (AvgIpc) is 3.62. The van der Waals surface area contributed by atoms with Gasteiger partial charge in [0.2, 0.25) is 11.8 Å². The number of ether oxygens (including phenoxy) is 3. The molecule has 1 aliphatic rings. The zero-order valence-electron chi connectivity index (χ0n) is 23.4. The van der Waals surface area contributed by atoms with Crippen molar-refractivity contribution in [3.63, 3.8) is 0 Å². The maximum Gasteiger partial charge on any atom is 0.240 e. The zero-order valence-corrected chi connectivity index (χ0v) is 25.0. The number of thioether (sulfide) groups is 1. The number of aromatic nitrogens is 2. The Morgan fingerprint density at radius 3 is 2.63 bits per heavy atom. The van der Waals surface area contributed by atoms with Crippen LogP contribution in [0.2, 0.25) is 0 Å². The number of benzene rings is 2. The Labute approximate surface area is 247 Å². The number of rotatable bonds is 10. The molecule has 0 spiro atoms. The molecular weight excluding hydrogens is 560 g/mol. The second kappa shape index (κ2) is 12.8. The monoisotopic (exact) mass is 592 g/mol. The number of fused-ring (bicyclic) bond motifs is 1. The van der Waals surface area contributed by atoms with Crippen LogP contribution in [0.3, 0.4) is 0 Å². The number of para-hydroxylation sites is 1. The molecule has 1 unspecified atom stereocenters. The number of carbonyl (C=O) groups is 2. The van der Waals surface area contributed by atoms with Crippen molar-refractivity contribution in [1.29, 1.82) is 0 Å². The van der Waals surface area contributed by atoms with Crippen LogP contribution in [0.1, 0.15) is 21.9 Å². The molecule has 3 heterocycles. The fourth-order valence-corrected chi connectivity index (χ4v) is 6.80. The number of thiophene rings is 1. The summed E-state index contributed by atoms with van der Waals surface area (Å²) in [6, 6.07) is 17.6. The van der Waals surface area contributed by atoms with Crippen molar-refractivity contribution in [3.05, 3.63) is 76.7 Å². The second-order valence-electron chi connectivity index (χ2n) is 9.38. The molecule has 0 saturated carbocycles. The van der Waals surface area contributed by atoms with Gasteiger partial charge in [0.1, 0.15) is 29.6 Å². The van der Waals surface area contributed by atoms with E-state index in [1.54, 1.807) is 37.6 Å². The van der Waals surface area contributed by atoms with E-state index in [1.807, 2.05) is 71.6 Å². The maximum atomic E-state index is 13.9. The molecule has 0 aliphatic carbocycles. The standard InChI is InChI=1S/C30H32N4O5S2/c1-19-8-5-6-9-22(19)34-30-27(28(32-34)24-10-7-15-40-24)29(21-16-20(38-3)11-12-23(21)39-4)41-18-26(36)33(30)17-25(35)31-13-14-37-2/h5-12,15-16,29H,13-14,17-18H2,1-4H3,(H,31,35). The molecule has 4 aromatic rings. The quantitative estimate of drug-likeness (QED) is 0.263. The number of carbonyl (C=O) groups excluding carboxylic acids is 2. The van der Waals surface area contributed by atoms with Crippen LogP contribution >= 0.6 is 23.1 Å². The Bertz CT molecular complexity index is 1540. The van der Waals surface area contributed by atoms with Crippen LogP contribution in [0, 0.1) is 6.92 Å². The molecule has 41 heavy (non-hydrogen) atoms. The molecule has 11 heteroatoms. The van der Waals surface area contributed by atoms with Gasteiger partial charge in [0, 0.05) is 24.8 Å². The van der Waals surface area contributed by atoms with Crippen LogP contribution in [0.4, 0.5) is 5.82 Å². The Morgan fingerprint density at radius 2 is 1.93 bits per heavy atom. The number of methoxy groups -OCH3 is 3. The van der Waals surface area contributed by atoms with E-state index in [-0.39, 0.29) is 29.4 Å². The van der Waals surface area contributed by atoms with Crippen molar-refractivity contribution in [1.82, 2.24) is 15.1 Å². The molecule has 9 nitrogen and oxygen atoms in total. The third-order valence-corrected chi connectivity index (χ3v) is 8.95. The van der Waals surface area contributed by atoms with Gasteiger partial charge in [0.15, 0.2) is 0 Å². The summed E-state index contributed by atoms with van der Waals surface area (Å²) in [6.45, 7) is 2.58. The number of aryl methyl sites for hydroxylation is 1. The summed E-state index contributed by atoms with van der Waals surface area (Å²) in [5, 5.41) is 9.67. The molecule has 0 radical (unpaired) electrons. The van der Waals surface area contributed by atoms with E-state index in [1.165, 1.54) is 11.8 Å². The molecule has 2 aromatic carbocycles. The summed E-state index contributed by atoms with van der Waals surface area (Å²) < 4.78 is 18.3. The van der Waals surface area contributed by atoms with E-state index >= 15 is 0 Å². The number of nitrogens with one attached hydrogen (secondary N) is 1. The second-order valence-corrected chi connectivity index (χ2v) is 11.4. The van der Waals surface area contributed by atoms with E-state index in [4.69, 9.17) is 19.3 Å². The van der Waals surface area contributed by atoms with Crippen molar-refractivity contribution >= 4 is 40.7 Å². The summed E-state index contributed by atoms with van der Waals surface area (Å²) in [7, 11) is 4.83. The molecule has 1 aliphatic heterocycles. The third-order valence-electron chi connectivity index (χ3n) is 6.84. The summed E-state index contributed by atoms with van der Waals surface area (Å²) in [4.78, 5) is 29.5. The lowest BCUT2D eigenvalue weighted by Crippen LogP contribution is -2.43. The Kier molecular flexibility index (Phi) is 8.96. The van der Waals surface area contributed by atoms with Gasteiger partial charge in [-0.15, -0.1) is 23.1 Å². The normalized spacial score (nSPS) is 14.9. The lowest BCUT2D eigenvalue weighted by atomic mass is 10.0. The van der Waals surface area contributed by atoms with Gasteiger partial charge in [-0.3, -0.25) is 14.5 Å². The predicted molar refractivity (Wildman–Crippen MR) is 163 cm³/mol. The van der Waals surface area contributed by atoms with E-state index in [2.05, 4.69) is 5.32 Å². The molecule has 0 fully saturated rings. The molecule has 5 rings (SSSR count). The van der Waals surface area contributed by atoms with Gasteiger partial charge >= 0.3 is 0 Å². The van der Waals surface area contributed by atoms with Gasteiger partial charge in [-0.2, -0.15) is 5.10 Å². The first-order chi connectivity index (χ1) is 20.0. The molecule has 1 atom stereocenters. The fourth-order valence-electron chi connectivity index (χ4n) is 4.87. The summed E-state index contributed by atoms with van der Waals surface area (Å²) >= 11 is 3.06. The van der Waals surface area contributed by atoms with Gasteiger partial charge in [-0.05, 0) is 48.2 Å². The summed E-state index contributed by atoms with van der Waals surface area (Å²) in [5.41, 5.74) is 4.26. The Balaban J connectivity index is 1.78. The van der Waals surface area contributed by atoms with Gasteiger partial charge in [-0.1, -0.05) is 24.3 Å². The first-order valence-corrected chi connectivity index (χ1v) is 15.0. The van der Waals surface area contributed by atoms with E-state index in [9.17, 15) is 9.59 Å².